The Bertz CT molecular complexity index is 125. The third kappa shape index (κ3) is 3.85. The standard InChI is InChI=1S/C5H9NO4/c7-2-4(6-3-8)1-5(9)10/h3-4,7H,1-2H2,(H,6,8)(H,9,10)/t4-/m0/s1. The van der Waals surface area contributed by atoms with Crippen LogP contribution in [0.3, 0.4) is 0 Å². The summed E-state index contributed by atoms with van der Waals surface area (Å²) in [5, 5.41) is 18.7. The molecule has 0 unspecified atom stereocenters. The average Bonchev–Trinajstić information content (AvgIpc) is 1.86. The molecule has 0 fully saturated rings. The van der Waals surface area contributed by atoms with Gasteiger partial charge in [-0.05, 0) is 0 Å². The molecule has 0 aromatic carbocycles. The lowest BCUT2D eigenvalue weighted by Gasteiger charge is -2.08. The van der Waals surface area contributed by atoms with Gasteiger partial charge < -0.3 is 15.5 Å². The first-order valence-electron chi connectivity index (χ1n) is 2.73. The SMILES string of the molecule is O=CN[C@H](CO)CC(=O)O. The number of aliphatic hydroxyl groups excluding tert-OH is 1. The van der Waals surface area contributed by atoms with E-state index in [1.54, 1.807) is 0 Å². The second-order valence-electron chi connectivity index (χ2n) is 1.76. The van der Waals surface area contributed by atoms with Crippen molar-refractivity contribution in [2.45, 2.75) is 12.5 Å². The van der Waals surface area contributed by atoms with Crippen molar-refractivity contribution >= 4 is 12.4 Å². The van der Waals surface area contributed by atoms with Gasteiger partial charge in [0.05, 0.1) is 19.1 Å². The van der Waals surface area contributed by atoms with Gasteiger partial charge in [0.1, 0.15) is 0 Å². The normalized spacial score (nSPS) is 12.1. The molecule has 5 heteroatoms. The van der Waals surface area contributed by atoms with Gasteiger partial charge in [0, 0.05) is 0 Å². The molecule has 58 valence electrons. The van der Waals surface area contributed by atoms with Crippen LogP contribution in [0.15, 0.2) is 0 Å². The second kappa shape index (κ2) is 4.75. The van der Waals surface area contributed by atoms with Crippen LogP contribution < -0.4 is 5.32 Å². The van der Waals surface area contributed by atoms with Crippen molar-refractivity contribution in [1.82, 2.24) is 5.32 Å². The van der Waals surface area contributed by atoms with E-state index in [4.69, 9.17) is 10.2 Å². The molecule has 0 aromatic rings. The minimum Gasteiger partial charge on any atom is -0.481 e. The Labute approximate surface area is 57.7 Å². The molecular formula is C5H9NO4. The van der Waals surface area contributed by atoms with Crippen LogP contribution in [-0.2, 0) is 9.59 Å². The predicted molar refractivity (Wildman–Crippen MR) is 32.3 cm³/mol. The van der Waals surface area contributed by atoms with E-state index in [0.717, 1.165) is 0 Å². The van der Waals surface area contributed by atoms with Crippen LogP contribution in [0, 0.1) is 0 Å². The van der Waals surface area contributed by atoms with Crippen molar-refractivity contribution < 1.29 is 19.8 Å². The van der Waals surface area contributed by atoms with Crippen LogP contribution in [0.4, 0.5) is 0 Å². The smallest absolute Gasteiger partial charge is 0.305 e. The number of carbonyl (C=O) groups is 2. The van der Waals surface area contributed by atoms with Crippen LogP contribution >= 0.6 is 0 Å². The highest BCUT2D eigenvalue weighted by Crippen LogP contribution is 1.88. The summed E-state index contributed by atoms with van der Waals surface area (Å²) in [6.07, 6.45) is 0.110. The molecule has 5 nitrogen and oxygen atoms in total. The maximum Gasteiger partial charge on any atom is 0.305 e. The fraction of sp³-hybridized carbons (Fsp3) is 0.600. The Morgan fingerprint density at radius 2 is 2.30 bits per heavy atom. The van der Waals surface area contributed by atoms with Gasteiger partial charge in [-0.15, -0.1) is 0 Å². The fourth-order valence-electron chi connectivity index (χ4n) is 0.483. The molecule has 0 rings (SSSR count). The molecule has 0 saturated carbocycles. The van der Waals surface area contributed by atoms with E-state index < -0.39 is 12.0 Å². The third-order valence-electron chi connectivity index (χ3n) is 0.945. The molecule has 0 aromatic heterocycles. The number of carbonyl (C=O) groups excluding carboxylic acids is 1. The number of aliphatic carboxylic acids is 1. The van der Waals surface area contributed by atoms with Crippen molar-refractivity contribution in [3.05, 3.63) is 0 Å². The van der Waals surface area contributed by atoms with Crippen molar-refractivity contribution in [1.29, 1.82) is 0 Å². The molecule has 0 spiro atoms. The lowest BCUT2D eigenvalue weighted by atomic mass is 10.2. The zero-order valence-corrected chi connectivity index (χ0v) is 5.28. The molecule has 0 bridgehead atoms. The monoisotopic (exact) mass is 147 g/mol. The van der Waals surface area contributed by atoms with Crippen LogP contribution in [0.2, 0.25) is 0 Å². The van der Waals surface area contributed by atoms with Gasteiger partial charge in [-0.1, -0.05) is 0 Å². The number of nitrogens with one attached hydrogen (secondary N) is 1. The van der Waals surface area contributed by atoms with E-state index >= 15 is 0 Å². The Kier molecular flexibility index (Phi) is 4.23. The zero-order valence-electron chi connectivity index (χ0n) is 5.28. The molecule has 0 saturated heterocycles. The van der Waals surface area contributed by atoms with Crippen molar-refractivity contribution in [3.8, 4) is 0 Å². The molecule has 0 heterocycles. The van der Waals surface area contributed by atoms with Gasteiger partial charge in [0.2, 0.25) is 6.41 Å². The maximum absolute atomic E-state index is 9.98. The van der Waals surface area contributed by atoms with Crippen LogP contribution in [0.1, 0.15) is 6.42 Å². The number of hydrogen-bond acceptors (Lipinski definition) is 3. The Hall–Kier alpha value is -1.10. The van der Waals surface area contributed by atoms with Crippen LogP contribution in [-0.4, -0.2) is 35.2 Å². The molecule has 0 aliphatic rings. The van der Waals surface area contributed by atoms with Crippen LogP contribution in [0.25, 0.3) is 0 Å². The maximum atomic E-state index is 9.98. The van der Waals surface area contributed by atoms with Gasteiger partial charge >= 0.3 is 5.97 Å². The van der Waals surface area contributed by atoms with Crippen molar-refractivity contribution in [2.24, 2.45) is 0 Å². The quantitative estimate of drug-likeness (QED) is 0.416. The summed E-state index contributed by atoms with van der Waals surface area (Å²) in [7, 11) is 0. The molecule has 0 radical (unpaired) electrons. The minimum absolute atomic E-state index is 0.255. The second-order valence-corrected chi connectivity index (χ2v) is 1.76. The molecule has 1 atom stereocenters. The topological polar surface area (TPSA) is 86.6 Å². The van der Waals surface area contributed by atoms with Gasteiger partial charge in [-0.25, -0.2) is 0 Å². The first kappa shape index (κ1) is 8.90. The van der Waals surface area contributed by atoms with Gasteiger partial charge in [0.25, 0.3) is 0 Å². The molecular weight excluding hydrogens is 138 g/mol. The lowest BCUT2D eigenvalue weighted by molar-refractivity contribution is -0.137. The van der Waals surface area contributed by atoms with E-state index in [-0.39, 0.29) is 13.0 Å². The Balaban J connectivity index is 3.59. The zero-order chi connectivity index (χ0) is 7.98. The van der Waals surface area contributed by atoms with E-state index in [2.05, 4.69) is 5.32 Å². The minimum atomic E-state index is -1.05. The molecule has 0 aliphatic carbocycles. The van der Waals surface area contributed by atoms with Gasteiger partial charge in [-0.3, -0.25) is 9.59 Å². The summed E-state index contributed by atoms with van der Waals surface area (Å²) in [4.78, 5) is 19.7. The van der Waals surface area contributed by atoms with E-state index in [1.165, 1.54) is 0 Å². The number of carboxylic acid groups (broad SMARTS) is 1. The highest BCUT2D eigenvalue weighted by atomic mass is 16.4. The summed E-state index contributed by atoms with van der Waals surface area (Å²) in [6, 6.07) is -0.671. The summed E-state index contributed by atoms with van der Waals surface area (Å²) >= 11 is 0. The average molecular weight is 147 g/mol. The molecule has 10 heavy (non-hydrogen) atoms. The van der Waals surface area contributed by atoms with Crippen molar-refractivity contribution in [2.75, 3.05) is 6.61 Å². The first-order chi connectivity index (χ1) is 4.70. The predicted octanol–water partition coefficient (Wildman–Crippen LogP) is -1.43. The summed E-state index contributed by atoms with van der Waals surface area (Å²) < 4.78 is 0. The largest absolute Gasteiger partial charge is 0.481 e. The highest BCUT2D eigenvalue weighted by Gasteiger charge is 2.09. The summed E-state index contributed by atoms with van der Waals surface area (Å²) in [5.74, 6) is -1.05. The van der Waals surface area contributed by atoms with E-state index in [0.29, 0.717) is 6.41 Å². The molecule has 1 amide bonds. The van der Waals surface area contributed by atoms with Crippen LogP contribution in [0.5, 0.6) is 0 Å². The Morgan fingerprint density at radius 3 is 2.60 bits per heavy atom. The van der Waals surface area contributed by atoms with Gasteiger partial charge in [0.15, 0.2) is 0 Å². The highest BCUT2D eigenvalue weighted by molar-refractivity contribution is 5.68. The number of amides is 1. The van der Waals surface area contributed by atoms with E-state index in [9.17, 15) is 9.59 Å². The first-order valence-corrected chi connectivity index (χ1v) is 2.73. The van der Waals surface area contributed by atoms with Crippen molar-refractivity contribution in [3.63, 3.8) is 0 Å². The number of rotatable bonds is 5. The number of aliphatic hydroxyl groups is 1. The molecule has 3 N–H and O–H groups in total. The lowest BCUT2D eigenvalue weighted by Crippen LogP contribution is -2.33. The fourth-order valence-corrected chi connectivity index (χ4v) is 0.483. The number of carboxylic acids is 1. The summed E-state index contributed by atoms with van der Waals surface area (Å²) in [6.45, 7) is -0.356. The Morgan fingerprint density at radius 1 is 1.70 bits per heavy atom. The molecule has 0 aliphatic heterocycles. The summed E-state index contributed by atoms with van der Waals surface area (Å²) in [5.41, 5.74) is 0. The van der Waals surface area contributed by atoms with E-state index in [1.807, 2.05) is 0 Å². The third-order valence-corrected chi connectivity index (χ3v) is 0.945. The number of hydrogen-bond donors (Lipinski definition) is 3. The van der Waals surface area contributed by atoms with Gasteiger partial charge in [-0.2, -0.15) is 0 Å².